The van der Waals surface area contributed by atoms with Crippen LogP contribution in [0.1, 0.15) is 54.2 Å². The van der Waals surface area contributed by atoms with E-state index in [1.807, 2.05) is 12.1 Å². The number of rotatable bonds is 8. The fourth-order valence-electron chi connectivity index (χ4n) is 3.75. The van der Waals surface area contributed by atoms with Crippen molar-refractivity contribution in [2.75, 3.05) is 13.2 Å². The average molecular weight is 364 g/mol. The van der Waals surface area contributed by atoms with Crippen molar-refractivity contribution in [1.82, 2.24) is 5.32 Å². The maximum atomic E-state index is 12.9. The number of aliphatic hydroxyl groups is 1. The molecule has 1 amide bonds. The first-order valence-corrected chi connectivity index (χ1v) is 10.5. The van der Waals surface area contributed by atoms with Gasteiger partial charge >= 0.3 is 0 Å². The molecule has 1 aliphatic carbocycles. The van der Waals surface area contributed by atoms with E-state index in [0.717, 1.165) is 38.5 Å². The number of aliphatic hydroxyl groups excluding tert-OH is 1. The molecule has 24 heavy (non-hydrogen) atoms. The van der Waals surface area contributed by atoms with Crippen LogP contribution < -0.4 is 5.32 Å². The van der Waals surface area contributed by atoms with Crippen molar-refractivity contribution in [3.63, 3.8) is 0 Å². The van der Waals surface area contributed by atoms with Gasteiger partial charge in [-0.3, -0.25) is 4.79 Å². The minimum Gasteiger partial charge on any atom is -0.396 e. The molecular formula is C19H25NO2S2. The standard InChI is InChI=1S/C19H25NO2S2/c21-12-8-15(16-5-3-13-23-16)7-11-20-18(22)19(9-1-2-10-19)17-6-4-14-24-17/h3-6,13-15,21H,1-2,7-12H2,(H,20,22). The third-order valence-electron chi connectivity index (χ3n) is 5.09. The monoisotopic (exact) mass is 363 g/mol. The lowest BCUT2D eigenvalue weighted by molar-refractivity contribution is -0.126. The summed E-state index contributed by atoms with van der Waals surface area (Å²) >= 11 is 3.43. The molecule has 2 N–H and O–H groups in total. The molecule has 0 aromatic carbocycles. The first-order chi connectivity index (χ1) is 11.8. The third-order valence-corrected chi connectivity index (χ3v) is 7.19. The summed E-state index contributed by atoms with van der Waals surface area (Å²) in [4.78, 5) is 15.4. The van der Waals surface area contributed by atoms with Gasteiger partial charge in [-0.15, -0.1) is 22.7 Å². The summed E-state index contributed by atoms with van der Waals surface area (Å²) in [7, 11) is 0. The van der Waals surface area contributed by atoms with Crippen LogP contribution >= 0.6 is 22.7 Å². The van der Waals surface area contributed by atoms with Crippen molar-refractivity contribution < 1.29 is 9.90 Å². The quantitative estimate of drug-likeness (QED) is 0.735. The molecule has 5 heteroatoms. The molecule has 0 saturated heterocycles. The number of thiophene rings is 2. The maximum absolute atomic E-state index is 12.9. The molecule has 3 nitrogen and oxygen atoms in total. The van der Waals surface area contributed by atoms with E-state index in [-0.39, 0.29) is 17.9 Å². The summed E-state index contributed by atoms with van der Waals surface area (Å²) in [6.07, 6.45) is 5.83. The van der Waals surface area contributed by atoms with Gasteiger partial charge in [-0.25, -0.2) is 0 Å². The number of hydrogen-bond acceptors (Lipinski definition) is 4. The predicted octanol–water partition coefficient (Wildman–Crippen LogP) is 4.29. The van der Waals surface area contributed by atoms with E-state index in [1.54, 1.807) is 22.7 Å². The molecule has 0 aliphatic heterocycles. The molecule has 0 spiro atoms. The number of amides is 1. The van der Waals surface area contributed by atoms with Gasteiger partial charge in [0.05, 0.1) is 5.41 Å². The highest BCUT2D eigenvalue weighted by molar-refractivity contribution is 7.10. The lowest BCUT2D eigenvalue weighted by Gasteiger charge is -2.27. The molecule has 1 saturated carbocycles. The minimum atomic E-state index is -0.302. The van der Waals surface area contributed by atoms with Crippen LogP contribution in [0.15, 0.2) is 35.0 Å². The fraction of sp³-hybridized carbons (Fsp3) is 0.526. The van der Waals surface area contributed by atoms with Crippen LogP contribution in [0.4, 0.5) is 0 Å². The van der Waals surface area contributed by atoms with Gasteiger partial charge in [0, 0.05) is 22.9 Å². The topological polar surface area (TPSA) is 49.3 Å². The molecule has 2 aromatic heterocycles. The predicted molar refractivity (Wildman–Crippen MR) is 101 cm³/mol. The Kier molecular flexibility index (Phi) is 6.09. The lowest BCUT2D eigenvalue weighted by Crippen LogP contribution is -2.42. The summed E-state index contributed by atoms with van der Waals surface area (Å²) < 4.78 is 0. The average Bonchev–Trinajstić information content (AvgIpc) is 3.36. The molecule has 1 fully saturated rings. The molecule has 0 bridgehead atoms. The van der Waals surface area contributed by atoms with Crippen LogP contribution in [0, 0.1) is 0 Å². The Labute approximate surface area is 151 Å². The van der Waals surface area contributed by atoms with Gasteiger partial charge in [0.25, 0.3) is 0 Å². The largest absolute Gasteiger partial charge is 0.396 e. The van der Waals surface area contributed by atoms with E-state index in [4.69, 9.17) is 0 Å². The summed E-state index contributed by atoms with van der Waals surface area (Å²) in [5.41, 5.74) is -0.302. The first-order valence-electron chi connectivity index (χ1n) is 8.73. The van der Waals surface area contributed by atoms with E-state index >= 15 is 0 Å². The van der Waals surface area contributed by atoms with E-state index in [0.29, 0.717) is 12.5 Å². The second kappa shape index (κ2) is 8.28. The van der Waals surface area contributed by atoms with Crippen molar-refractivity contribution >= 4 is 28.6 Å². The Hall–Kier alpha value is -1.17. The van der Waals surface area contributed by atoms with Crippen LogP contribution in [0.25, 0.3) is 0 Å². The Balaban J connectivity index is 1.60. The zero-order valence-corrected chi connectivity index (χ0v) is 15.5. The van der Waals surface area contributed by atoms with Crippen molar-refractivity contribution in [3.05, 3.63) is 44.8 Å². The number of nitrogens with one attached hydrogen (secondary N) is 1. The number of hydrogen-bond donors (Lipinski definition) is 2. The summed E-state index contributed by atoms with van der Waals surface area (Å²) in [5.74, 6) is 0.521. The van der Waals surface area contributed by atoms with Crippen LogP contribution in [0.3, 0.4) is 0 Å². The van der Waals surface area contributed by atoms with Gasteiger partial charge in [0.1, 0.15) is 0 Å². The highest BCUT2D eigenvalue weighted by Gasteiger charge is 2.43. The van der Waals surface area contributed by atoms with Crippen LogP contribution in [0.2, 0.25) is 0 Å². The molecule has 1 aliphatic rings. The fourth-order valence-corrected chi connectivity index (χ4v) is 5.64. The van der Waals surface area contributed by atoms with E-state index in [1.165, 1.54) is 9.75 Å². The lowest BCUT2D eigenvalue weighted by atomic mass is 9.83. The Morgan fingerprint density at radius 2 is 1.92 bits per heavy atom. The summed E-state index contributed by atoms with van der Waals surface area (Å²) in [6, 6.07) is 8.32. The van der Waals surface area contributed by atoms with Gasteiger partial charge < -0.3 is 10.4 Å². The van der Waals surface area contributed by atoms with Crippen LogP contribution in [-0.2, 0) is 10.2 Å². The number of carbonyl (C=O) groups excluding carboxylic acids is 1. The Bertz CT molecular complexity index is 616. The third kappa shape index (κ3) is 3.73. The Morgan fingerprint density at radius 3 is 2.54 bits per heavy atom. The maximum Gasteiger partial charge on any atom is 0.231 e. The highest BCUT2D eigenvalue weighted by atomic mass is 32.1. The van der Waals surface area contributed by atoms with E-state index < -0.39 is 0 Å². The second-order valence-corrected chi connectivity index (χ2v) is 8.46. The minimum absolute atomic E-state index is 0.190. The normalized spacial score (nSPS) is 17.7. The molecule has 1 atom stereocenters. The van der Waals surface area contributed by atoms with Gasteiger partial charge in [-0.05, 0) is 54.5 Å². The molecular weight excluding hydrogens is 338 g/mol. The Morgan fingerprint density at radius 1 is 1.17 bits per heavy atom. The van der Waals surface area contributed by atoms with Crippen molar-refractivity contribution in [3.8, 4) is 0 Å². The molecule has 130 valence electrons. The van der Waals surface area contributed by atoms with Crippen molar-refractivity contribution in [2.24, 2.45) is 0 Å². The highest BCUT2D eigenvalue weighted by Crippen LogP contribution is 2.43. The zero-order valence-electron chi connectivity index (χ0n) is 13.9. The van der Waals surface area contributed by atoms with E-state index in [2.05, 4.69) is 28.2 Å². The first kappa shape index (κ1) is 17.6. The SMILES string of the molecule is O=C(NCCC(CCO)c1cccs1)C1(c2cccs2)CCCC1. The van der Waals surface area contributed by atoms with Gasteiger partial charge in [-0.1, -0.05) is 25.0 Å². The van der Waals surface area contributed by atoms with Gasteiger partial charge in [0.2, 0.25) is 5.91 Å². The van der Waals surface area contributed by atoms with Crippen LogP contribution in [-0.4, -0.2) is 24.2 Å². The van der Waals surface area contributed by atoms with Gasteiger partial charge in [0.15, 0.2) is 0 Å². The molecule has 3 rings (SSSR count). The van der Waals surface area contributed by atoms with E-state index in [9.17, 15) is 9.90 Å². The summed E-state index contributed by atoms with van der Waals surface area (Å²) in [6.45, 7) is 0.865. The van der Waals surface area contributed by atoms with Crippen LogP contribution in [0.5, 0.6) is 0 Å². The van der Waals surface area contributed by atoms with Crippen molar-refractivity contribution in [1.29, 1.82) is 0 Å². The number of carbonyl (C=O) groups is 1. The summed E-state index contributed by atoms with van der Waals surface area (Å²) in [5, 5.41) is 16.6. The molecule has 1 unspecified atom stereocenters. The second-order valence-electron chi connectivity index (χ2n) is 6.54. The van der Waals surface area contributed by atoms with Crippen molar-refractivity contribution in [2.45, 2.75) is 49.9 Å². The smallest absolute Gasteiger partial charge is 0.231 e. The molecule has 0 radical (unpaired) electrons. The molecule has 2 heterocycles. The zero-order chi connectivity index (χ0) is 16.8. The molecule has 2 aromatic rings. The van der Waals surface area contributed by atoms with Gasteiger partial charge in [-0.2, -0.15) is 0 Å².